The topological polar surface area (TPSA) is 18.5 Å². The molecule has 0 aromatic heterocycles. The summed E-state index contributed by atoms with van der Waals surface area (Å²) in [5.74, 6) is -1.29. The first-order valence-electron chi connectivity index (χ1n) is 5.22. The van der Waals surface area contributed by atoms with Gasteiger partial charge in [-0.3, -0.25) is 0 Å². The number of rotatable bonds is 4. The second-order valence-electron chi connectivity index (χ2n) is 3.56. The quantitative estimate of drug-likeness (QED) is 0.795. The monoisotopic (exact) mass is 302 g/mol. The molecule has 0 spiro atoms. The van der Waals surface area contributed by atoms with Crippen LogP contribution in [-0.4, -0.2) is 7.69 Å². The standard InChI is InChI=1S/C12H7BCl2F2O2/c14-7-1-3-11(9(16)5-7)18-13-19-12-4-2-8(15)6-10(12)17/h1-6,13H. The highest BCUT2D eigenvalue weighted by Gasteiger charge is 2.08. The predicted molar refractivity (Wildman–Crippen MR) is 71.2 cm³/mol. The lowest BCUT2D eigenvalue weighted by Gasteiger charge is -2.09. The summed E-state index contributed by atoms with van der Waals surface area (Å²) >= 11 is 11.2. The van der Waals surface area contributed by atoms with Gasteiger partial charge in [0.05, 0.1) is 0 Å². The zero-order valence-electron chi connectivity index (χ0n) is 9.50. The van der Waals surface area contributed by atoms with Crippen molar-refractivity contribution in [2.75, 3.05) is 0 Å². The Kier molecular flexibility index (Phi) is 4.50. The van der Waals surface area contributed by atoms with Crippen molar-refractivity contribution in [1.82, 2.24) is 0 Å². The van der Waals surface area contributed by atoms with Gasteiger partial charge in [0, 0.05) is 10.0 Å². The van der Waals surface area contributed by atoms with E-state index in [2.05, 4.69) is 0 Å². The van der Waals surface area contributed by atoms with Gasteiger partial charge in [0.25, 0.3) is 0 Å². The van der Waals surface area contributed by atoms with Crippen LogP contribution in [0.25, 0.3) is 0 Å². The molecule has 0 aliphatic rings. The lowest BCUT2D eigenvalue weighted by atomic mass is 10.3. The van der Waals surface area contributed by atoms with E-state index in [1.807, 2.05) is 0 Å². The third-order valence-electron chi connectivity index (χ3n) is 2.22. The molecule has 0 aliphatic heterocycles. The van der Waals surface area contributed by atoms with Crippen LogP contribution in [-0.2, 0) is 0 Å². The SMILES string of the molecule is Fc1cc(Cl)ccc1OBOc1ccc(Cl)cc1F. The maximum Gasteiger partial charge on any atom is 0.576 e. The molecule has 0 saturated heterocycles. The van der Waals surface area contributed by atoms with Crippen LogP contribution in [0.4, 0.5) is 8.78 Å². The van der Waals surface area contributed by atoms with E-state index in [9.17, 15) is 8.78 Å². The fraction of sp³-hybridized carbons (Fsp3) is 0. The molecule has 2 aromatic rings. The van der Waals surface area contributed by atoms with Crippen LogP contribution < -0.4 is 9.31 Å². The van der Waals surface area contributed by atoms with E-state index in [0.717, 1.165) is 12.1 Å². The van der Waals surface area contributed by atoms with E-state index in [1.54, 1.807) is 0 Å². The molecule has 0 fully saturated rings. The fourth-order valence-electron chi connectivity index (χ4n) is 1.34. The summed E-state index contributed by atoms with van der Waals surface area (Å²) < 4.78 is 36.8. The smallest absolute Gasteiger partial charge is 0.526 e. The molecular formula is C12H7BCl2F2O2. The number of benzene rings is 2. The Morgan fingerprint density at radius 3 is 1.58 bits per heavy atom. The number of hydrogen-bond donors (Lipinski definition) is 0. The normalized spacial score (nSPS) is 10.1. The summed E-state index contributed by atoms with van der Waals surface area (Å²) in [6, 6.07) is 7.89. The molecule has 0 saturated carbocycles. The maximum atomic E-state index is 13.4. The van der Waals surface area contributed by atoms with Gasteiger partial charge in [0.15, 0.2) is 11.6 Å². The summed E-state index contributed by atoms with van der Waals surface area (Å²) in [4.78, 5) is 0. The number of halogens is 4. The molecule has 0 aliphatic carbocycles. The van der Waals surface area contributed by atoms with Crippen LogP contribution >= 0.6 is 23.2 Å². The van der Waals surface area contributed by atoms with Gasteiger partial charge in [-0.1, -0.05) is 23.2 Å². The Balaban J connectivity index is 1.96. The van der Waals surface area contributed by atoms with Gasteiger partial charge in [0.1, 0.15) is 11.5 Å². The lowest BCUT2D eigenvalue weighted by Crippen LogP contribution is -2.12. The lowest BCUT2D eigenvalue weighted by molar-refractivity contribution is 0.421. The predicted octanol–water partition coefficient (Wildman–Crippen LogP) is 4.00. The first-order valence-corrected chi connectivity index (χ1v) is 5.97. The van der Waals surface area contributed by atoms with Gasteiger partial charge >= 0.3 is 7.69 Å². The third-order valence-corrected chi connectivity index (χ3v) is 2.69. The van der Waals surface area contributed by atoms with E-state index in [-0.39, 0.29) is 29.2 Å². The second-order valence-corrected chi connectivity index (χ2v) is 4.43. The Morgan fingerprint density at radius 2 is 1.21 bits per heavy atom. The molecule has 2 nitrogen and oxygen atoms in total. The molecular weight excluding hydrogens is 296 g/mol. The minimum absolute atomic E-state index is 0.0289. The highest BCUT2D eigenvalue weighted by Crippen LogP contribution is 2.23. The van der Waals surface area contributed by atoms with Gasteiger partial charge in [-0.05, 0) is 36.4 Å². The average molecular weight is 303 g/mol. The molecule has 98 valence electrons. The molecule has 0 N–H and O–H groups in total. The van der Waals surface area contributed by atoms with Gasteiger partial charge in [-0.2, -0.15) is 0 Å². The second kappa shape index (κ2) is 6.13. The summed E-state index contributed by atoms with van der Waals surface area (Å²) in [6.45, 7) is 0. The largest absolute Gasteiger partial charge is 0.576 e. The van der Waals surface area contributed by atoms with Crippen LogP contribution in [0.2, 0.25) is 10.0 Å². The molecule has 2 rings (SSSR count). The molecule has 2 aromatic carbocycles. The minimum atomic E-state index is -0.618. The van der Waals surface area contributed by atoms with Crippen molar-refractivity contribution in [2.45, 2.75) is 0 Å². The maximum absolute atomic E-state index is 13.4. The number of hydrogen-bond acceptors (Lipinski definition) is 2. The van der Waals surface area contributed by atoms with Crippen molar-refractivity contribution in [3.05, 3.63) is 58.1 Å². The summed E-state index contributed by atoms with van der Waals surface area (Å²) in [6.07, 6.45) is 0. The molecule has 0 bridgehead atoms. The molecule has 0 heterocycles. The van der Waals surface area contributed by atoms with E-state index in [1.165, 1.54) is 24.3 Å². The van der Waals surface area contributed by atoms with Crippen LogP contribution in [0.5, 0.6) is 11.5 Å². The van der Waals surface area contributed by atoms with Crippen LogP contribution in [0.3, 0.4) is 0 Å². The summed E-state index contributed by atoms with van der Waals surface area (Å²) in [7, 11) is -0.336. The van der Waals surface area contributed by atoms with Crippen molar-refractivity contribution in [3.8, 4) is 11.5 Å². The van der Waals surface area contributed by atoms with Crippen LogP contribution in [0, 0.1) is 11.6 Å². The zero-order valence-corrected chi connectivity index (χ0v) is 11.0. The van der Waals surface area contributed by atoms with E-state index >= 15 is 0 Å². The molecule has 7 heteroatoms. The summed E-state index contributed by atoms with van der Waals surface area (Å²) in [5.41, 5.74) is 0. The minimum Gasteiger partial charge on any atom is -0.526 e. The Morgan fingerprint density at radius 1 is 0.789 bits per heavy atom. The van der Waals surface area contributed by atoms with Crippen LogP contribution in [0.1, 0.15) is 0 Å². The van der Waals surface area contributed by atoms with Crippen molar-refractivity contribution in [1.29, 1.82) is 0 Å². The van der Waals surface area contributed by atoms with Crippen molar-refractivity contribution in [3.63, 3.8) is 0 Å². The van der Waals surface area contributed by atoms with Gasteiger partial charge in [0.2, 0.25) is 0 Å². The first kappa shape index (κ1) is 14.0. The average Bonchev–Trinajstić information content (AvgIpc) is 2.34. The van der Waals surface area contributed by atoms with E-state index in [0.29, 0.717) is 0 Å². The highest BCUT2D eigenvalue weighted by molar-refractivity contribution is 6.31. The third kappa shape index (κ3) is 3.75. The van der Waals surface area contributed by atoms with Gasteiger partial charge in [-0.25, -0.2) is 8.78 Å². The van der Waals surface area contributed by atoms with Crippen LogP contribution in [0.15, 0.2) is 36.4 Å². The molecule has 0 amide bonds. The summed E-state index contributed by atoms with van der Waals surface area (Å²) in [5, 5.41) is 0.518. The zero-order chi connectivity index (χ0) is 13.8. The Bertz CT molecular complexity index is 544. The molecule has 0 atom stereocenters. The first-order chi connectivity index (χ1) is 9.06. The van der Waals surface area contributed by atoms with Crippen molar-refractivity contribution >= 4 is 30.9 Å². The van der Waals surface area contributed by atoms with Gasteiger partial charge < -0.3 is 9.31 Å². The molecule has 19 heavy (non-hydrogen) atoms. The highest BCUT2D eigenvalue weighted by atomic mass is 35.5. The van der Waals surface area contributed by atoms with Crippen molar-refractivity contribution < 1.29 is 18.1 Å². The Labute approximate surface area is 119 Å². The Hall–Kier alpha value is -1.46. The molecule has 0 radical (unpaired) electrons. The van der Waals surface area contributed by atoms with Crippen molar-refractivity contribution in [2.24, 2.45) is 0 Å². The van der Waals surface area contributed by atoms with E-state index in [4.69, 9.17) is 32.5 Å². The van der Waals surface area contributed by atoms with Gasteiger partial charge in [-0.15, -0.1) is 0 Å². The molecule has 0 unspecified atom stereocenters. The van der Waals surface area contributed by atoms with E-state index < -0.39 is 11.6 Å². The fourth-order valence-corrected chi connectivity index (χ4v) is 1.66.